The van der Waals surface area contributed by atoms with Gasteiger partial charge in [-0.2, -0.15) is 0 Å². The molecule has 1 saturated heterocycles. The Bertz CT molecular complexity index is 1050. The molecule has 0 N–H and O–H groups in total. The maximum atomic E-state index is 14.9. The number of para-hydroxylation sites is 1. The van der Waals surface area contributed by atoms with E-state index in [9.17, 15) is 4.39 Å². The van der Waals surface area contributed by atoms with Gasteiger partial charge >= 0.3 is 0 Å². The molecular weight excluding hydrogens is 443 g/mol. The van der Waals surface area contributed by atoms with Crippen LogP contribution < -0.4 is 4.74 Å². The van der Waals surface area contributed by atoms with Gasteiger partial charge in [-0.15, -0.1) is 17.5 Å². The van der Waals surface area contributed by atoms with Gasteiger partial charge in [0.15, 0.2) is 5.82 Å². The first kappa shape index (κ1) is 25.1. The number of rotatable bonds is 6. The van der Waals surface area contributed by atoms with Gasteiger partial charge in [0.1, 0.15) is 17.6 Å². The molecule has 2 aromatic carbocycles. The van der Waals surface area contributed by atoms with Gasteiger partial charge in [-0.3, -0.25) is 9.80 Å². The van der Waals surface area contributed by atoms with Gasteiger partial charge in [0.05, 0.1) is 12.6 Å². The van der Waals surface area contributed by atoms with Crippen LogP contribution in [0.15, 0.2) is 48.5 Å². The predicted molar refractivity (Wildman–Crippen MR) is 128 cm³/mol. The molecule has 9 heteroatoms. The van der Waals surface area contributed by atoms with E-state index in [1.165, 1.54) is 11.6 Å². The highest BCUT2D eigenvalue weighted by molar-refractivity contribution is 5.85. The highest BCUT2D eigenvalue weighted by atomic mass is 35.5. The molecule has 1 atom stereocenters. The third-order valence-corrected chi connectivity index (χ3v) is 5.93. The second-order valence-electron chi connectivity index (χ2n) is 9.17. The van der Waals surface area contributed by atoms with Crippen LogP contribution in [0.2, 0.25) is 0 Å². The van der Waals surface area contributed by atoms with Crippen LogP contribution in [0.25, 0.3) is 0 Å². The maximum Gasteiger partial charge on any atom is 0.173 e. The fourth-order valence-electron chi connectivity index (χ4n) is 4.29. The summed E-state index contributed by atoms with van der Waals surface area (Å²) < 4.78 is 22.3. The summed E-state index contributed by atoms with van der Waals surface area (Å²) in [5, 5.41) is 12.5. The monoisotopic (exact) mass is 474 g/mol. The fourth-order valence-corrected chi connectivity index (χ4v) is 4.29. The summed E-state index contributed by atoms with van der Waals surface area (Å²) in [6.45, 7) is 10.3. The number of hydrogen-bond donors (Lipinski definition) is 0. The summed E-state index contributed by atoms with van der Waals surface area (Å²) in [7, 11) is 1.70. The lowest BCUT2D eigenvalue weighted by Crippen LogP contribution is -2.48. The van der Waals surface area contributed by atoms with Gasteiger partial charge in [0.25, 0.3) is 0 Å². The highest BCUT2D eigenvalue weighted by Gasteiger charge is 2.34. The van der Waals surface area contributed by atoms with Crippen molar-refractivity contribution < 1.29 is 9.13 Å². The summed E-state index contributed by atoms with van der Waals surface area (Å²) in [4.78, 5) is 4.69. The van der Waals surface area contributed by atoms with Gasteiger partial charge in [0.2, 0.25) is 0 Å². The van der Waals surface area contributed by atoms with E-state index >= 15 is 0 Å². The molecule has 7 nitrogen and oxygen atoms in total. The smallest absolute Gasteiger partial charge is 0.173 e. The van der Waals surface area contributed by atoms with E-state index in [1.54, 1.807) is 13.2 Å². The second-order valence-corrected chi connectivity index (χ2v) is 9.17. The zero-order valence-corrected chi connectivity index (χ0v) is 20.4. The predicted octanol–water partition coefficient (Wildman–Crippen LogP) is 3.90. The van der Waals surface area contributed by atoms with Crippen LogP contribution in [-0.4, -0.2) is 63.3 Å². The average Bonchev–Trinajstić information content (AvgIpc) is 3.27. The van der Waals surface area contributed by atoms with Crippen molar-refractivity contribution in [1.82, 2.24) is 30.0 Å². The van der Waals surface area contributed by atoms with Gasteiger partial charge in [0, 0.05) is 43.9 Å². The van der Waals surface area contributed by atoms with E-state index in [2.05, 4.69) is 52.2 Å². The molecular formula is C24H32ClFN6O. The van der Waals surface area contributed by atoms with Crippen molar-refractivity contribution in [2.45, 2.75) is 38.9 Å². The summed E-state index contributed by atoms with van der Waals surface area (Å²) in [5.74, 6) is 1.33. The van der Waals surface area contributed by atoms with Crippen LogP contribution in [0.1, 0.15) is 43.8 Å². The Morgan fingerprint density at radius 2 is 1.67 bits per heavy atom. The van der Waals surface area contributed by atoms with E-state index in [0.717, 1.165) is 38.5 Å². The van der Waals surface area contributed by atoms with E-state index in [4.69, 9.17) is 4.74 Å². The van der Waals surface area contributed by atoms with Crippen molar-refractivity contribution in [1.29, 1.82) is 0 Å². The first-order chi connectivity index (χ1) is 15.4. The van der Waals surface area contributed by atoms with Gasteiger partial charge in [-0.1, -0.05) is 36.4 Å². The Kier molecular flexibility index (Phi) is 8.05. The molecule has 1 aliphatic rings. The molecule has 0 saturated carbocycles. The molecule has 178 valence electrons. The largest absolute Gasteiger partial charge is 0.496 e. The first-order valence-corrected chi connectivity index (χ1v) is 11.0. The van der Waals surface area contributed by atoms with Crippen LogP contribution in [0.5, 0.6) is 5.75 Å². The quantitative estimate of drug-likeness (QED) is 0.540. The molecule has 33 heavy (non-hydrogen) atoms. The van der Waals surface area contributed by atoms with Crippen molar-refractivity contribution in [3.63, 3.8) is 0 Å². The van der Waals surface area contributed by atoms with E-state index in [1.807, 2.05) is 35.0 Å². The summed E-state index contributed by atoms with van der Waals surface area (Å²) in [6.07, 6.45) is 0. The number of benzene rings is 2. The Hall–Kier alpha value is -2.55. The standard InChI is InChI=1S/C24H31FN6O.ClH/c1-24(2,3)31-23(26-27-28-31)22(19-10-6-7-11-20(19)25)30-15-13-29(14-16-30)17-18-9-5-8-12-21(18)32-4;/h5-12,22H,13-17H2,1-4H3;1H. The molecule has 1 unspecified atom stereocenters. The molecule has 0 amide bonds. The number of ether oxygens (including phenoxy) is 1. The molecule has 3 aromatic rings. The molecule has 2 heterocycles. The normalized spacial score (nSPS) is 16.3. The lowest BCUT2D eigenvalue weighted by Gasteiger charge is -2.39. The van der Waals surface area contributed by atoms with Gasteiger partial charge in [-0.25, -0.2) is 9.07 Å². The Morgan fingerprint density at radius 1 is 1.00 bits per heavy atom. The first-order valence-electron chi connectivity index (χ1n) is 11.0. The number of hydrogen-bond acceptors (Lipinski definition) is 6. The van der Waals surface area contributed by atoms with E-state index in [0.29, 0.717) is 11.4 Å². The van der Waals surface area contributed by atoms with Crippen molar-refractivity contribution in [2.75, 3.05) is 33.3 Å². The SMILES string of the molecule is COc1ccccc1CN1CCN(C(c2ccccc2F)c2nnnn2C(C)(C)C)CC1.Cl. The summed E-state index contributed by atoms with van der Waals surface area (Å²) >= 11 is 0. The highest BCUT2D eigenvalue weighted by Crippen LogP contribution is 2.32. The molecule has 0 radical (unpaired) electrons. The molecule has 1 fully saturated rings. The summed E-state index contributed by atoms with van der Waals surface area (Å²) in [6, 6.07) is 14.7. The lowest BCUT2D eigenvalue weighted by molar-refractivity contribution is 0.0961. The summed E-state index contributed by atoms with van der Waals surface area (Å²) in [5.41, 5.74) is 1.46. The fraction of sp³-hybridized carbons (Fsp3) is 0.458. The van der Waals surface area contributed by atoms with Crippen LogP contribution in [0, 0.1) is 5.82 Å². The minimum atomic E-state index is -0.348. The van der Waals surface area contributed by atoms with Crippen molar-refractivity contribution in [2.24, 2.45) is 0 Å². The average molecular weight is 475 g/mol. The van der Waals surface area contributed by atoms with E-state index < -0.39 is 0 Å². The van der Waals surface area contributed by atoms with Crippen molar-refractivity contribution >= 4 is 12.4 Å². The van der Waals surface area contributed by atoms with Gasteiger partial charge in [-0.05, 0) is 43.3 Å². The van der Waals surface area contributed by atoms with Crippen LogP contribution in [0.4, 0.5) is 4.39 Å². The third kappa shape index (κ3) is 5.51. The van der Waals surface area contributed by atoms with Crippen LogP contribution in [-0.2, 0) is 12.1 Å². The Labute approximate surface area is 200 Å². The molecule has 1 aromatic heterocycles. The molecule has 1 aliphatic heterocycles. The minimum Gasteiger partial charge on any atom is -0.496 e. The maximum absolute atomic E-state index is 14.9. The molecule has 0 aliphatic carbocycles. The zero-order valence-electron chi connectivity index (χ0n) is 19.6. The van der Waals surface area contributed by atoms with Crippen molar-refractivity contribution in [3.05, 3.63) is 71.3 Å². The van der Waals surface area contributed by atoms with Crippen LogP contribution in [0.3, 0.4) is 0 Å². The van der Waals surface area contributed by atoms with Crippen molar-refractivity contribution in [3.8, 4) is 5.75 Å². The van der Waals surface area contributed by atoms with Crippen LogP contribution >= 0.6 is 12.4 Å². The molecule has 0 spiro atoms. The third-order valence-electron chi connectivity index (χ3n) is 5.93. The van der Waals surface area contributed by atoms with Gasteiger partial charge < -0.3 is 4.74 Å². The lowest BCUT2D eigenvalue weighted by atomic mass is 10.0. The molecule has 4 rings (SSSR count). The number of halogens is 2. The Balaban J connectivity index is 0.00000306. The minimum absolute atomic E-state index is 0. The zero-order chi connectivity index (χ0) is 22.7. The topological polar surface area (TPSA) is 59.3 Å². The number of tetrazole rings is 1. The number of aromatic nitrogens is 4. The molecule has 0 bridgehead atoms. The number of nitrogens with zero attached hydrogens (tertiary/aromatic N) is 6. The number of methoxy groups -OCH3 is 1. The Morgan fingerprint density at radius 3 is 2.33 bits per heavy atom. The van der Waals surface area contributed by atoms with E-state index in [-0.39, 0.29) is 29.8 Å². The second kappa shape index (κ2) is 10.6. The number of piperazine rings is 1.